The molecule has 1 aromatic heterocycles. The average Bonchev–Trinajstić information content (AvgIpc) is 3.23. The summed E-state index contributed by atoms with van der Waals surface area (Å²) in [5.41, 5.74) is 6.94. The van der Waals surface area contributed by atoms with Crippen molar-refractivity contribution in [2.75, 3.05) is 11.9 Å². The predicted octanol–water partition coefficient (Wildman–Crippen LogP) is 4.32. The van der Waals surface area contributed by atoms with Crippen molar-refractivity contribution in [3.05, 3.63) is 34.4 Å². The molecule has 0 aliphatic rings. The molecule has 0 amide bonds. The molecule has 166 valence electrons. The number of aliphatic hydroxyl groups excluding tert-OH is 1. The van der Waals surface area contributed by atoms with E-state index in [1.807, 2.05) is 19.1 Å². The fourth-order valence-electron chi connectivity index (χ4n) is 3.26. The van der Waals surface area contributed by atoms with Crippen LogP contribution >= 0.6 is 0 Å². The lowest BCUT2D eigenvalue weighted by molar-refractivity contribution is -0.383. The fraction of sp³-hybridized carbons (Fsp3) is 0.619. The number of non-ortho nitro benzene ring substituents is 1. The number of nitrogens with two attached hydrogens (primary N) is 1. The number of fused-ring (bicyclic) bond motifs is 1. The second-order valence-corrected chi connectivity index (χ2v) is 7.53. The molecule has 9 heteroatoms. The Hall–Kier alpha value is -2.52. The molecule has 4 N–H and O–H groups in total. The van der Waals surface area contributed by atoms with E-state index in [9.17, 15) is 15.2 Å². The van der Waals surface area contributed by atoms with E-state index in [1.165, 1.54) is 31.7 Å². The summed E-state index contributed by atoms with van der Waals surface area (Å²) >= 11 is 0. The number of aromatic nitrogens is 2. The SMILES string of the molecule is CC[C@H](N)[C@H](O)/C=C/CCCCCCCCCNc1ccc([N+](=O)[O-])c2nonc12. The number of nitrogens with one attached hydrogen (secondary N) is 1. The van der Waals surface area contributed by atoms with Crippen molar-refractivity contribution in [1.29, 1.82) is 0 Å². The van der Waals surface area contributed by atoms with Gasteiger partial charge in [0.1, 0.15) is 0 Å². The van der Waals surface area contributed by atoms with Crippen molar-refractivity contribution in [3.8, 4) is 0 Å². The van der Waals surface area contributed by atoms with Crippen molar-refractivity contribution in [1.82, 2.24) is 10.3 Å². The Kier molecular flexibility index (Phi) is 10.2. The summed E-state index contributed by atoms with van der Waals surface area (Å²) in [6.07, 6.45) is 13.1. The molecular formula is C21H33N5O4. The molecule has 2 rings (SSSR count). The summed E-state index contributed by atoms with van der Waals surface area (Å²) in [5.74, 6) is 0. The van der Waals surface area contributed by atoms with E-state index in [1.54, 1.807) is 6.07 Å². The number of nitrogens with zero attached hydrogens (tertiary/aromatic N) is 3. The molecule has 2 atom stereocenters. The van der Waals surface area contributed by atoms with Crippen LogP contribution in [0.2, 0.25) is 0 Å². The van der Waals surface area contributed by atoms with Gasteiger partial charge < -0.3 is 16.2 Å². The maximum absolute atomic E-state index is 11.0. The number of rotatable bonds is 15. The van der Waals surface area contributed by atoms with Crippen LogP contribution in [0.5, 0.6) is 0 Å². The molecule has 0 saturated heterocycles. The van der Waals surface area contributed by atoms with Crippen molar-refractivity contribution in [2.45, 2.75) is 76.9 Å². The predicted molar refractivity (Wildman–Crippen MR) is 117 cm³/mol. The lowest BCUT2D eigenvalue weighted by Crippen LogP contribution is -2.32. The zero-order valence-corrected chi connectivity index (χ0v) is 17.6. The van der Waals surface area contributed by atoms with Gasteiger partial charge in [-0.1, -0.05) is 51.2 Å². The monoisotopic (exact) mass is 419 g/mol. The summed E-state index contributed by atoms with van der Waals surface area (Å²) in [6, 6.07) is 2.89. The van der Waals surface area contributed by atoms with Crippen LogP contribution < -0.4 is 11.1 Å². The quantitative estimate of drug-likeness (QED) is 0.168. The van der Waals surface area contributed by atoms with Gasteiger partial charge in [-0.15, -0.1) is 0 Å². The van der Waals surface area contributed by atoms with E-state index in [2.05, 4.69) is 20.3 Å². The van der Waals surface area contributed by atoms with Crippen molar-refractivity contribution < 1.29 is 14.7 Å². The molecule has 0 spiro atoms. The van der Waals surface area contributed by atoms with Gasteiger partial charge in [-0.25, -0.2) is 4.63 Å². The van der Waals surface area contributed by atoms with E-state index in [0.29, 0.717) is 11.2 Å². The Morgan fingerprint density at radius 1 is 1.17 bits per heavy atom. The molecular weight excluding hydrogens is 386 g/mol. The van der Waals surface area contributed by atoms with Crippen LogP contribution in [0.4, 0.5) is 11.4 Å². The molecule has 0 aliphatic heterocycles. The van der Waals surface area contributed by atoms with Gasteiger partial charge in [-0.2, -0.15) is 0 Å². The van der Waals surface area contributed by atoms with Crippen LogP contribution in [0.25, 0.3) is 11.0 Å². The average molecular weight is 420 g/mol. The Labute approximate surface area is 176 Å². The van der Waals surface area contributed by atoms with Crippen molar-refractivity contribution in [2.24, 2.45) is 5.73 Å². The molecule has 30 heavy (non-hydrogen) atoms. The van der Waals surface area contributed by atoms with Crippen molar-refractivity contribution >= 4 is 22.4 Å². The Balaban J connectivity index is 1.53. The molecule has 0 unspecified atom stereocenters. The molecule has 0 saturated carbocycles. The van der Waals surface area contributed by atoms with Gasteiger partial charge in [0.15, 0.2) is 5.52 Å². The summed E-state index contributed by atoms with van der Waals surface area (Å²) in [5, 5.41) is 31.4. The van der Waals surface area contributed by atoms with E-state index in [0.717, 1.165) is 38.6 Å². The summed E-state index contributed by atoms with van der Waals surface area (Å²) in [6.45, 7) is 2.74. The molecule has 0 bridgehead atoms. The van der Waals surface area contributed by atoms with Gasteiger partial charge >= 0.3 is 5.69 Å². The molecule has 0 radical (unpaired) electrons. The molecule has 9 nitrogen and oxygen atoms in total. The van der Waals surface area contributed by atoms with Gasteiger partial charge in [-0.05, 0) is 42.1 Å². The number of aliphatic hydroxyl groups is 1. The van der Waals surface area contributed by atoms with Crippen LogP contribution in [-0.2, 0) is 0 Å². The number of nitro benzene ring substituents is 1. The first-order valence-electron chi connectivity index (χ1n) is 10.8. The highest BCUT2D eigenvalue weighted by Crippen LogP contribution is 2.28. The first-order valence-corrected chi connectivity index (χ1v) is 10.8. The highest BCUT2D eigenvalue weighted by atomic mass is 16.6. The van der Waals surface area contributed by atoms with Gasteiger partial charge in [0.25, 0.3) is 0 Å². The second kappa shape index (κ2) is 12.9. The van der Waals surface area contributed by atoms with Crippen LogP contribution in [0.1, 0.15) is 64.7 Å². The minimum Gasteiger partial charge on any atom is -0.387 e. The lowest BCUT2D eigenvalue weighted by Gasteiger charge is -2.12. The zero-order chi connectivity index (χ0) is 21.8. The molecule has 1 heterocycles. The first-order chi connectivity index (χ1) is 14.5. The number of hydrogen-bond acceptors (Lipinski definition) is 8. The van der Waals surface area contributed by atoms with E-state index in [4.69, 9.17) is 5.73 Å². The molecule has 2 aromatic rings. The van der Waals surface area contributed by atoms with E-state index in [-0.39, 0.29) is 17.2 Å². The zero-order valence-electron chi connectivity index (χ0n) is 17.6. The van der Waals surface area contributed by atoms with Gasteiger partial charge in [0.05, 0.1) is 16.7 Å². The number of benzene rings is 1. The number of unbranched alkanes of at least 4 members (excludes halogenated alkanes) is 7. The maximum Gasteiger partial charge on any atom is 0.300 e. The second-order valence-electron chi connectivity index (χ2n) is 7.53. The molecule has 1 aromatic carbocycles. The third-order valence-corrected chi connectivity index (χ3v) is 5.20. The first kappa shape index (κ1) is 23.8. The minimum absolute atomic E-state index is 0.104. The van der Waals surface area contributed by atoms with E-state index < -0.39 is 11.0 Å². The van der Waals surface area contributed by atoms with E-state index >= 15 is 0 Å². The lowest BCUT2D eigenvalue weighted by atomic mass is 10.1. The highest BCUT2D eigenvalue weighted by Gasteiger charge is 2.19. The summed E-state index contributed by atoms with van der Waals surface area (Å²) in [4.78, 5) is 10.5. The largest absolute Gasteiger partial charge is 0.387 e. The Bertz CT molecular complexity index is 808. The highest BCUT2D eigenvalue weighted by molar-refractivity contribution is 5.93. The molecule has 0 fully saturated rings. The number of hydrogen-bond donors (Lipinski definition) is 3. The number of allylic oxidation sites excluding steroid dienone is 1. The topological polar surface area (TPSA) is 140 Å². The van der Waals surface area contributed by atoms with Crippen LogP contribution in [-0.4, -0.2) is 39.0 Å². The minimum atomic E-state index is -0.536. The maximum atomic E-state index is 11.0. The van der Waals surface area contributed by atoms with Crippen molar-refractivity contribution in [3.63, 3.8) is 0 Å². The Morgan fingerprint density at radius 2 is 1.83 bits per heavy atom. The summed E-state index contributed by atoms with van der Waals surface area (Å²) in [7, 11) is 0. The van der Waals surface area contributed by atoms with Gasteiger partial charge in [0, 0.05) is 18.7 Å². The normalized spacial score (nSPS) is 13.7. The third-order valence-electron chi connectivity index (χ3n) is 5.20. The Morgan fingerprint density at radius 3 is 2.53 bits per heavy atom. The van der Waals surface area contributed by atoms with Gasteiger partial charge in [-0.3, -0.25) is 10.1 Å². The van der Waals surface area contributed by atoms with Crippen LogP contribution in [0, 0.1) is 10.1 Å². The molecule has 0 aliphatic carbocycles. The van der Waals surface area contributed by atoms with Crippen LogP contribution in [0.3, 0.4) is 0 Å². The van der Waals surface area contributed by atoms with Crippen LogP contribution in [0.15, 0.2) is 28.9 Å². The smallest absolute Gasteiger partial charge is 0.300 e. The standard InChI is InChI=1S/C21H33N5O4/c1-2-16(22)19(27)12-10-8-6-4-3-5-7-9-11-15-23-17-13-14-18(26(28)29)21-20(17)24-30-25-21/h10,12-14,16,19,23,27H,2-9,11,15,22H2,1H3/b12-10+/t16-,19+/m0/s1. The third kappa shape index (κ3) is 7.38. The summed E-state index contributed by atoms with van der Waals surface area (Å²) < 4.78 is 4.66. The number of nitro groups is 1. The van der Waals surface area contributed by atoms with Gasteiger partial charge in [0.2, 0.25) is 5.52 Å². The number of anilines is 1. The fourth-order valence-corrected chi connectivity index (χ4v) is 3.26.